The van der Waals surface area contributed by atoms with Crippen LogP contribution in [0.4, 0.5) is 5.69 Å². The van der Waals surface area contributed by atoms with Gasteiger partial charge in [0, 0.05) is 30.2 Å². The van der Waals surface area contributed by atoms with E-state index in [1.54, 1.807) is 24.6 Å². The zero-order valence-corrected chi connectivity index (χ0v) is 16.8. The summed E-state index contributed by atoms with van der Waals surface area (Å²) in [6.07, 6.45) is 7.24. The molecule has 1 aliphatic carbocycles. The summed E-state index contributed by atoms with van der Waals surface area (Å²) in [5.74, 6) is 0.739. The number of methoxy groups -OCH3 is 2. The van der Waals surface area contributed by atoms with Gasteiger partial charge in [0.1, 0.15) is 10.8 Å². The molecule has 0 aliphatic heterocycles. The second kappa shape index (κ2) is 8.14. The Labute approximate surface area is 167 Å². The van der Waals surface area contributed by atoms with Crippen LogP contribution in [-0.4, -0.2) is 36.2 Å². The molecule has 1 aromatic carbocycles. The number of pyridine rings is 1. The molecule has 1 saturated carbocycles. The Hall–Kier alpha value is -2.67. The summed E-state index contributed by atoms with van der Waals surface area (Å²) in [6.45, 7) is 0. The Morgan fingerprint density at radius 2 is 2.00 bits per heavy atom. The number of nitrogens with one attached hydrogen (secondary N) is 1. The number of rotatable bonds is 5. The van der Waals surface area contributed by atoms with Crippen molar-refractivity contribution in [2.75, 3.05) is 19.5 Å². The molecule has 3 aromatic rings. The van der Waals surface area contributed by atoms with Crippen LogP contribution in [0, 0.1) is 5.92 Å². The lowest BCUT2D eigenvalue weighted by Gasteiger charge is -2.28. The van der Waals surface area contributed by atoms with E-state index in [9.17, 15) is 4.79 Å². The van der Waals surface area contributed by atoms with Gasteiger partial charge in [0.2, 0.25) is 0 Å². The fourth-order valence-electron chi connectivity index (χ4n) is 3.70. The minimum atomic E-state index is -0.0899. The molecule has 4 rings (SSSR count). The summed E-state index contributed by atoms with van der Waals surface area (Å²) in [5, 5.41) is 4.57. The quantitative estimate of drug-likeness (QED) is 0.639. The number of ether oxygens (including phenoxy) is 2. The standard InChI is InChI=1S/C21H23N3O3S/c1-26-15-7-8-19-18(11-15)24-20(28-19)16-12-22-10-9-17(16)23-14-5-3-13(4-6-14)21(25)27-2/h7-14H,3-6H2,1-2H3,(H,22,23). The van der Waals surface area contributed by atoms with Gasteiger partial charge in [-0.2, -0.15) is 0 Å². The number of aromatic nitrogens is 2. The van der Waals surface area contributed by atoms with Crippen LogP contribution in [0.2, 0.25) is 0 Å². The van der Waals surface area contributed by atoms with E-state index in [1.165, 1.54) is 7.11 Å². The van der Waals surface area contributed by atoms with Crippen molar-refractivity contribution in [3.05, 3.63) is 36.7 Å². The van der Waals surface area contributed by atoms with Gasteiger partial charge in [0.15, 0.2) is 0 Å². The van der Waals surface area contributed by atoms with Crippen LogP contribution in [0.15, 0.2) is 36.7 Å². The molecule has 2 aromatic heterocycles. The smallest absolute Gasteiger partial charge is 0.308 e. The van der Waals surface area contributed by atoms with Gasteiger partial charge in [0.05, 0.1) is 35.9 Å². The lowest BCUT2D eigenvalue weighted by molar-refractivity contribution is -0.146. The van der Waals surface area contributed by atoms with E-state index in [-0.39, 0.29) is 11.9 Å². The van der Waals surface area contributed by atoms with Crippen molar-refractivity contribution in [2.45, 2.75) is 31.7 Å². The van der Waals surface area contributed by atoms with Crippen molar-refractivity contribution >= 4 is 33.2 Å². The molecule has 7 heteroatoms. The molecule has 0 radical (unpaired) electrons. The van der Waals surface area contributed by atoms with Crippen molar-refractivity contribution in [1.82, 2.24) is 9.97 Å². The molecular weight excluding hydrogens is 374 g/mol. The Bertz CT molecular complexity index is 980. The highest BCUT2D eigenvalue weighted by Crippen LogP contribution is 2.36. The predicted octanol–water partition coefficient (Wildman–Crippen LogP) is 4.51. The summed E-state index contributed by atoms with van der Waals surface area (Å²) in [7, 11) is 3.12. The highest BCUT2D eigenvalue weighted by Gasteiger charge is 2.27. The third-order valence-electron chi connectivity index (χ3n) is 5.27. The normalized spacial score (nSPS) is 19.4. The molecule has 0 amide bonds. The monoisotopic (exact) mass is 397 g/mol. The van der Waals surface area contributed by atoms with Crippen LogP contribution in [0.5, 0.6) is 5.75 Å². The Kier molecular flexibility index (Phi) is 5.43. The molecule has 6 nitrogen and oxygen atoms in total. The first kappa shape index (κ1) is 18.7. The molecule has 146 valence electrons. The van der Waals surface area contributed by atoms with Gasteiger partial charge in [-0.3, -0.25) is 9.78 Å². The van der Waals surface area contributed by atoms with E-state index < -0.39 is 0 Å². The van der Waals surface area contributed by atoms with Gasteiger partial charge < -0.3 is 14.8 Å². The van der Waals surface area contributed by atoms with E-state index in [0.717, 1.165) is 57.9 Å². The van der Waals surface area contributed by atoms with Crippen molar-refractivity contribution in [3.63, 3.8) is 0 Å². The summed E-state index contributed by atoms with van der Waals surface area (Å²) in [5.41, 5.74) is 2.95. The first-order valence-corrected chi connectivity index (χ1v) is 10.2. The zero-order chi connectivity index (χ0) is 19.5. The van der Waals surface area contributed by atoms with Crippen LogP contribution in [0.3, 0.4) is 0 Å². The number of thiazole rings is 1. The number of anilines is 1. The maximum atomic E-state index is 11.7. The second-order valence-corrected chi connectivity index (χ2v) is 8.02. The fourth-order valence-corrected chi connectivity index (χ4v) is 4.67. The van der Waals surface area contributed by atoms with Crippen LogP contribution < -0.4 is 10.1 Å². The number of benzene rings is 1. The predicted molar refractivity (Wildman–Crippen MR) is 111 cm³/mol. The third-order valence-corrected chi connectivity index (χ3v) is 6.34. The number of nitrogens with zero attached hydrogens (tertiary/aromatic N) is 2. The lowest BCUT2D eigenvalue weighted by Crippen LogP contribution is -2.30. The summed E-state index contributed by atoms with van der Waals surface area (Å²) >= 11 is 1.65. The van der Waals surface area contributed by atoms with Gasteiger partial charge in [-0.25, -0.2) is 4.98 Å². The molecule has 1 aliphatic rings. The number of esters is 1. The number of hydrogen-bond donors (Lipinski definition) is 1. The van der Waals surface area contributed by atoms with Crippen LogP contribution in [0.25, 0.3) is 20.8 Å². The van der Waals surface area contributed by atoms with E-state index >= 15 is 0 Å². The Balaban J connectivity index is 1.54. The molecule has 2 heterocycles. The van der Waals surface area contributed by atoms with Crippen molar-refractivity contribution in [1.29, 1.82) is 0 Å². The number of hydrogen-bond acceptors (Lipinski definition) is 7. The molecule has 28 heavy (non-hydrogen) atoms. The van der Waals surface area contributed by atoms with Crippen LogP contribution in [-0.2, 0) is 9.53 Å². The average molecular weight is 398 g/mol. The largest absolute Gasteiger partial charge is 0.497 e. The van der Waals surface area contributed by atoms with Crippen LogP contribution >= 0.6 is 11.3 Å². The molecular formula is C21H23N3O3S. The SMILES string of the molecule is COC(=O)C1CCC(Nc2ccncc2-c2nc3cc(OC)ccc3s2)CC1. The Morgan fingerprint density at radius 3 is 2.75 bits per heavy atom. The fraction of sp³-hybridized carbons (Fsp3) is 0.381. The minimum Gasteiger partial charge on any atom is -0.497 e. The van der Waals surface area contributed by atoms with Crippen molar-refractivity contribution in [2.24, 2.45) is 5.92 Å². The molecule has 1 fully saturated rings. The Morgan fingerprint density at radius 1 is 1.18 bits per heavy atom. The first-order chi connectivity index (χ1) is 13.7. The minimum absolute atomic E-state index is 0.0270. The van der Waals surface area contributed by atoms with Crippen molar-refractivity contribution in [3.8, 4) is 16.3 Å². The lowest BCUT2D eigenvalue weighted by atomic mass is 9.86. The maximum absolute atomic E-state index is 11.7. The van der Waals surface area contributed by atoms with Gasteiger partial charge in [-0.15, -0.1) is 11.3 Å². The van der Waals surface area contributed by atoms with Gasteiger partial charge in [0.25, 0.3) is 0 Å². The van der Waals surface area contributed by atoms with E-state index in [1.807, 2.05) is 30.5 Å². The molecule has 0 saturated heterocycles. The number of carbonyl (C=O) groups is 1. The molecule has 0 spiro atoms. The summed E-state index contributed by atoms with van der Waals surface area (Å²) < 4.78 is 11.3. The van der Waals surface area contributed by atoms with Crippen molar-refractivity contribution < 1.29 is 14.3 Å². The molecule has 0 bridgehead atoms. The summed E-state index contributed by atoms with van der Waals surface area (Å²) in [4.78, 5) is 20.8. The molecule has 0 atom stereocenters. The topological polar surface area (TPSA) is 73.3 Å². The van der Waals surface area contributed by atoms with Gasteiger partial charge in [-0.05, 0) is 43.9 Å². The molecule has 0 unspecified atom stereocenters. The van der Waals surface area contributed by atoms with E-state index in [0.29, 0.717) is 6.04 Å². The third kappa shape index (κ3) is 3.80. The van der Waals surface area contributed by atoms with E-state index in [4.69, 9.17) is 14.5 Å². The van der Waals surface area contributed by atoms with E-state index in [2.05, 4.69) is 10.3 Å². The van der Waals surface area contributed by atoms with Crippen LogP contribution in [0.1, 0.15) is 25.7 Å². The second-order valence-electron chi connectivity index (χ2n) is 6.99. The number of carbonyl (C=O) groups excluding carboxylic acids is 1. The van der Waals surface area contributed by atoms with Gasteiger partial charge >= 0.3 is 5.97 Å². The summed E-state index contributed by atoms with van der Waals surface area (Å²) in [6, 6.07) is 8.26. The highest BCUT2D eigenvalue weighted by atomic mass is 32.1. The zero-order valence-electron chi connectivity index (χ0n) is 16.0. The highest BCUT2D eigenvalue weighted by molar-refractivity contribution is 7.21. The van der Waals surface area contributed by atoms with Gasteiger partial charge in [-0.1, -0.05) is 0 Å². The average Bonchev–Trinajstić information content (AvgIpc) is 3.17. The maximum Gasteiger partial charge on any atom is 0.308 e. The number of fused-ring (bicyclic) bond motifs is 1. The first-order valence-electron chi connectivity index (χ1n) is 9.41. The molecule has 1 N–H and O–H groups in total.